The smallest absolute Gasteiger partial charge is 0.252 e. The Kier molecular flexibility index (Phi) is 5.62. The van der Waals surface area contributed by atoms with E-state index in [2.05, 4.69) is 15.1 Å². The molecule has 1 fully saturated rings. The van der Waals surface area contributed by atoms with E-state index in [-0.39, 0.29) is 17.6 Å². The minimum absolute atomic E-state index is 0.0866. The summed E-state index contributed by atoms with van der Waals surface area (Å²) in [7, 11) is 0. The van der Waals surface area contributed by atoms with Crippen LogP contribution >= 0.6 is 0 Å². The first-order valence-electron chi connectivity index (χ1n) is 11.5. The number of carbonyl (C=O) groups excluding carboxylic acids is 2. The number of hydrogen-bond acceptors (Lipinski definition) is 5. The predicted octanol–water partition coefficient (Wildman–Crippen LogP) is 3.95. The molecule has 0 radical (unpaired) electrons. The van der Waals surface area contributed by atoms with Crippen molar-refractivity contribution in [3.63, 3.8) is 0 Å². The molecule has 1 aliphatic rings. The van der Waals surface area contributed by atoms with Gasteiger partial charge in [0.25, 0.3) is 5.78 Å². The van der Waals surface area contributed by atoms with Crippen LogP contribution in [0.3, 0.4) is 0 Å². The van der Waals surface area contributed by atoms with E-state index in [1.807, 2.05) is 61.2 Å². The van der Waals surface area contributed by atoms with Crippen LogP contribution < -0.4 is 0 Å². The lowest BCUT2D eigenvalue weighted by molar-refractivity contribution is -0.132. The van der Waals surface area contributed by atoms with Gasteiger partial charge in [-0.2, -0.15) is 10.1 Å². The summed E-state index contributed by atoms with van der Waals surface area (Å²) in [6.07, 6.45) is 4.14. The number of ketones is 1. The average molecular weight is 442 g/mol. The third-order valence-corrected chi connectivity index (χ3v) is 6.76. The molecule has 1 aliphatic heterocycles. The average Bonchev–Trinajstić information content (AvgIpc) is 3.31. The van der Waals surface area contributed by atoms with Gasteiger partial charge in [-0.05, 0) is 55.5 Å². The summed E-state index contributed by atoms with van der Waals surface area (Å²) in [4.78, 5) is 36.8. The summed E-state index contributed by atoms with van der Waals surface area (Å²) >= 11 is 0. The van der Waals surface area contributed by atoms with E-state index in [1.54, 1.807) is 4.52 Å². The lowest BCUT2D eigenvalue weighted by atomic mass is 9.89. The van der Waals surface area contributed by atoms with Crippen LogP contribution in [0.15, 0.2) is 48.8 Å². The van der Waals surface area contributed by atoms with Gasteiger partial charge in [-0.1, -0.05) is 36.4 Å². The molecule has 0 bridgehead atoms. The fourth-order valence-electron chi connectivity index (χ4n) is 4.90. The molecular weight excluding hydrogens is 414 g/mol. The molecular formula is C26H27N5O2. The van der Waals surface area contributed by atoms with Crippen LogP contribution in [0.5, 0.6) is 0 Å². The molecule has 168 valence electrons. The van der Waals surface area contributed by atoms with Crippen molar-refractivity contribution in [3.05, 3.63) is 71.3 Å². The first kappa shape index (κ1) is 21.2. The Hall–Kier alpha value is -3.61. The van der Waals surface area contributed by atoms with Crippen LogP contribution in [-0.4, -0.2) is 49.3 Å². The molecule has 0 N–H and O–H groups in total. The van der Waals surface area contributed by atoms with Gasteiger partial charge in [0.15, 0.2) is 5.78 Å². The van der Waals surface area contributed by atoms with Crippen LogP contribution in [0.1, 0.15) is 46.6 Å². The lowest BCUT2D eigenvalue weighted by Gasteiger charge is -2.32. The molecule has 1 saturated heterocycles. The summed E-state index contributed by atoms with van der Waals surface area (Å²) in [5.41, 5.74) is 3.60. The van der Waals surface area contributed by atoms with Crippen molar-refractivity contribution in [2.45, 2.75) is 39.5 Å². The Morgan fingerprint density at radius 2 is 1.91 bits per heavy atom. The highest BCUT2D eigenvalue weighted by molar-refractivity contribution is 6.01. The third kappa shape index (κ3) is 4.11. The van der Waals surface area contributed by atoms with E-state index in [0.29, 0.717) is 31.7 Å². The fraction of sp³-hybridized carbons (Fsp3) is 0.346. The number of aromatic nitrogens is 4. The van der Waals surface area contributed by atoms with Crippen molar-refractivity contribution in [1.29, 1.82) is 0 Å². The van der Waals surface area contributed by atoms with Crippen LogP contribution in [-0.2, 0) is 11.2 Å². The van der Waals surface area contributed by atoms with E-state index >= 15 is 0 Å². The lowest BCUT2D eigenvalue weighted by Crippen LogP contribution is -2.42. The van der Waals surface area contributed by atoms with Gasteiger partial charge in [-0.15, -0.1) is 0 Å². The number of piperidine rings is 1. The van der Waals surface area contributed by atoms with Crippen LogP contribution in [0.25, 0.3) is 16.6 Å². The van der Waals surface area contributed by atoms with Gasteiger partial charge < -0.3 is 4.90 Å². The van der Waals surface area contributed by atoms with Gasteiger partial charge in [0, 0.05) is 42.4 Å². The summed E-state index contributed by atoms with van der Waals surface area (Å²) in [5.74, 6) is 0.640. The molecule has 2 aromatic heterocycles. The third-order valence-electron chi connectivity index (χ3n) is 6.76. The number of Topliss-reactive ketones (excluding diaryl/α,β-unsaturated/α-hetero) is 1. The van der Waals surface area contributed by atoms with E-state index in [0.717, 1.165) is 46.1 Å². The monoisotopic (exact) mass is 441 g/mol. The predicted molar refractivity (Wildman–Crippen MR) is 126 cm³/mol. The van der Waals surface area contributed by atoms with Gasteiger partial charge in [-0.25, -0.2) is 9.50 Å². The summed E-state index contributed by atoms with van der Waals surface area (Å²) in [5, 5.41) is 6.41. The molecule has 0 saturated carbocycles. The van der Waals surface area contributed by atoms with Gasteiger partial charge in [0.05, 0.1) is 0 Å². The van der Waals surface area contributed by atoms with E-state index in [1.165, 1.54) is 6.33 Å². The molecule has 0 spiro atoms. The van der Waals surface area contributed by atoms with Crippen LogP contribution in [0.2, 0.25) is 0 Å². The van der Waals surface area contributed by atoms with Crippen molar-refractivity contribution in [3.8, 4) is 0 Å². The van der Waals surface area contributed by atoms with E-state index in [4.69, 9.17) is 0 Å². The van der Waals surface area contributed by atoms with Crippen LogP contribution in [0, 0.1) is 19.8 Å². The number of rotatable bonds is 5. The second-order valence-electron chi connectivity index (χ2n) is 8.84. The van der Waals surface area contributed by atoms with E-state index < -0.39 is 0 Å². The van der Waals surface area contributed by atoms with Gasteiger partial charge in [0.1, 0.15) is 6.33 Å². The van der Waals surface area contributed by atoms with Crippen molar-refractivity contribution in [2.75, 3.05) is 13.1 Å². The summed E-state index contributed by atoms with van der Waals surface area (Å²) in [6, 6.07) is 13.9. The molecule has 1 amide bonds. The first-order chi connectivity index (χ1) is 16.0. The normalized spacial score (nSPS) is 16.4. The molecule has 2 aromatic carbocycles. The van der Waals surface area contributed by atoms with Gasteiger partial charge in [-0.3, -0.25) is 9.59 Å². The Balaban J connectivity index is 1.26. The molecule has 1 unspecified atom stereocenters. The number of benzene rings is 2. The Morgan fingerprint density at radius 1 is 1.09 bits per heavy atom. The quantitative estimate of drug-likeness (QED) is 0.438. The Labute approximate surface area is 192 Å². The van der Waals surface area contributed by atoms with Gasteiger partial charge in [0.2, 0.25) is 5.91 Å². The van der Waals surface area contributed by atoms with Gasteiger partial charge >= 0.3 is 0 Å². The molecule has 1 atom stereocenters. The molecule has 5 rings (SSSR count). The molecule has 7 heteroatoms. The van der Waals surface area contributed by atoms with Crippen molar-refractivity contribution >= 4 is 28.2 Å². The number of amides is 1. The Morgan fingerprint density at radius 3 is 2.76 bits per heavy atom. The number of carbonyl (C=O) groups is 2. The maximum atomic E-state index is 13.2. The fourth-order valence-corrected chi connectivity index (χ4v) is 4.90. The topological polar surface area (TPSA) is 80.5 Å². The SMILES string of the molecule is Cc1nc2ncnn2c(C)c1CCC(=O)N1CCCC(C(=O)c2ccc3ccccc3c2)C1. The maximum absolute atomic E-state index is 13.2. The number of aryl methyl sites for hydroxylation is 2. The summed E-state index contributed by atoms with van der Waals surface area (Å²) in [6.45, 7) is 5.12. The minimum Gasteiger partial charge on any atom is -0.342 e. The largest absolute Gasteiger partial charge is 0.342 e. The molecule has 3 heterocycles. The molecule has 7 nitrogen and oxygen atoms in total. The number of nitrogens with zero attached hydrogens (tertiary/aromatic N) is 5. The molecule has 33 heavy (non-hydrogen) atoms. The minimum atomic E-state index is -0.152. The highest BCUT2D eigenvalue weighted by Crippen LogP contribution is 2.24. The number of likely N-dealkylation sites (tertiary alicyclic amines) is 1. The second-order valence-corrected chi connectivity index (χ2v) is 8.84. The highest BCUT2D eigenvalue weighted by atomic mass is 16.2. The van der Waals surface area contributed by atoms with Crippen LogP contribution in [0.4, 0.5) is 0 Å². The standard InChI is InChI=1S/C26H27N5O2/c1-17-23(18(2)31-26(29-17)27-16-28-31)11-12-24(32)30-13-5-8-22(15-30)25(33)21-10-9-19-6-3-4-7-20(19)14-21/h3-4,6-7,9-10,14,16,22H,5,8,11-13,15H2,1-2H3. The van der Waals surface area contributed by atoms with Crippen molar-refractivity contribution in [1.82, 2.24) is 24.5 Å². The zero-order valence-electron chi connectivity index (χ0n) is 19.0. The van der Waals surface area contributed by atoms with E-state index in [9.17, 15) is 9.59 Å². The first-order valence-corrected chi connectivity index (χ1v) is 11.5. The van der Waals surface area contributed by atoms with Crippen molar-refractivity contribution < 1.29 is 9.59 Å². The zero-order chi connectivity index (χ0) is 22.9. The maximum Gasteiger partial charge on any atom is 0.252 e. The second kappa shape index (κ2) is 8.73. The highest BCUT2D eigenvalue weighted by Gasteiger charge is 2.29. The summed E-state index contributed by atoms with van der Waals surface area (Å²) < 4.78 is 1.71. The number of fused-ring (bicyclic) bond motifs is 2. The molecule has 0 aliphatic carbocycles. The van der Waals surface area contributed by atoms with Crippen molar-refractivity contribution in [2.24, 2.45) is 5.92 Å². The Bertz CT molecular complexity index is 1360. The number of hydrogen-bond donors (Lipinski definition) is 0. The zero-order valence-corrected chi connectivity index (χ0v) is 19.0. The molecule has 4 aromatic rings.